The Hall–Kier alpha value is -0.960. The van der Waals surface area contributed by atoms with Crippen molar-refractivity contribution in [2.24, 2.45) is 5.73 Å². The van der Waals surface area contributed by atoms with Gasteiger partial charge in [0.05, 0.1) is 0 Å². The Morgan fingerprint density at radius 3 is 2.29 bits per heavy atom. The SMILES string of the molecule is CC(C)(C)c1ccc(Sc2cccc(Cl)c2CCN)cc1. The molecule has 0 aliphatic rings. The number of benzene rings is 2. The molecule has 2 aromatic rings. The third-order valence-electron chi connectivity index (χ3n) is 3.42. The van der Waals surface area contributed by atoms with Crippen molar-refractivity contribution in [3.05, 3.63) is 58.6 Å². The first-order valence-corrected chi connectivity index (χ1v) is 8.37. The Bertz CT molecular complexity index is 600. The normalized spacial score (nSPS) is 11.7. The highest BCUT2D eigenvalue weighted by Crippen LogP contribution is 2.35. The van der Waals surface area contributed by atoms with Gasteiger partial charge in [-0.25, -0.2) is 0 Å². The molecule has 0 spiro atoms. The fourth-order valence-corrected chi connectivity index (χ4v) is 3.50. The number of hydrogen-bond donors (Lipinski definition) is 1. The standard InChI is InChI=1S/C18H22ClNS/c1-18(2,3)13-7-9-14(10-8-13)21-17-6-4-5-16(19)15(17)11-12-20/h4-10H,11-12,20H2,1-3H3. The molecule has 1 nitrogen and oxygen atoms in total. The zero-order valence-electron chi connectivity index (χ0n) is 12.8. The van der Waals surface area contributed by atoms with Crippen LogP contribution in [0, 0.1) is 0 Å². The van der Waals surface area contributed by atoms with E-state index in [0.29, 0.717) is 6.54 Å². The van der Waals surface area contributed by atoms with Crippen LogP contribution in [0.2, 0.25) is 5.02 Å². The number of nitrogens with two attached hydrogens (primary N) is 1. The van der Waals surface area contributed by atoms with Crippen LogP contribution in [0.1, 0.15) is 31.9 Å². The zero-order chi connectivity index (χ0) is 15.5. The molecule has 3 heteroatoms. The van der Waals surface area contributed by atoms with E-state index in [1.54, 1.807) is 11.8 Å². The Labute approximate surface area is 136 Å². The Balaban J connectivity index is 2.24. The average Bonchev–Trinajstić information content (AvgIpc) is 2.42. The third kappa shape index (κ3) is 4.26. The van der Waals surface area contributed by atoms with Crippen molar-refractivity contribution in [3.8, 4) is 0 Å². The highest BCUT2D eigenvalue weighted by Gasteiger charge is 2.13. The van der Waals surface area contributed by atoms with Gasteiger partial charge in [-0.2, -0.15) is 0 Å². The summed E-state index contributed by atoms with van der Waals surface area (Å²) in [5, 5.41) is 0.803. The van der Waals surface area contributed by atoms with Crippen molar-refractivity contribution in [1.29, 1.82) is 0 Å². The summed E-state index contributed by atoms with van der Waals surface area (Å²) in [6, 6.07) is 14.8. The lowest BCUT2D eigenvalue weighted by Crippen LogP contribution is -2.10. The molecule has 2 rings (SSSR count). The zero-order valence-corrected chi connectivity index (χ0v) is 14.4. The Morgan fingerprint density at radius 1 is 1.05 bits per heavy atom. The van der Waals surface area contributed by atoms with Gasteiger partial charge in [0.2, 0.25) is 0 Å². The highest BCUT2D eigenvalue weighted by molar-refractivity contribution is 7.99. The predicted octanol–water partition coefficient (Wildman–Crippen LogP) is 5.29. The lowest BCUT2D eigenvalue weighted by Gasteiger charge is -2.19. The molecule has 0 aliphatic heterocycles. The van der Waals surface area contributed by atoms with E-state index in [1.165, 1.54) is 15.4 Å². The average molecular weight is 320 g/mol. The molecule has 0 aromatic heterocycles. The fraction of sp³-hybridized carbons (Fsp3) is 0.333. The Morgan fingerprint density at radius 2 is 1.71 bits per heavy atom. The molecule has 21 heavy (non-hydrogen) atoms. The molecule has 0 bridgehead atoms. The third-order valence-corrected chi connectivity index (χ3v) is 4.88. The van der Waals surface area contributed by atoms with Gasteiger partial charge in [-0.15, -0.1) is 0 Å². The first kappa shape index (κ1) is 16.4. The lowest BCUT2D eigenvalue weighted by molar-refractivity contribution is 0.590. The molecule has 0 fully saturated rings. The van der Waals surface area contributed by atoms with Crippen molar-refractivity contribution < 1.29 is 0 Å². The quantitative estimate of drug-likeness (QED) is 0.828. The van der Waals surface area contributed by atoms with Crippen molar-refractivity contribution in [1.82, 2.24) is 0 Å². The predicted molar refractivity (Wildman–Crippen MR) is 93.5 cm³/mol. The van der Waals surface area contributed by atoms with Crippen LogP contribution in [0.15, 0.2) is 52.3 Å². The minimum absolute atomic E-state index is 0.184. The molecule has 0 atom stereocenters. The summed E-state index contributed by atoms with van der Waals surface area (Å²) in [4.78, 5) is 2.42. The van der Waals surface area contributed by atoms with E-state index in [4.69, 9.17) is 17.3 Å². The maximum absolute atomic E-state index is 6.29. The summed E-state index contributed by atoms with van der Waals surface area (Å²) in [5.41, 5.74) is 8.37. The fourth-order valence-electron chi connectivity index (χ4n) is 2.17. The minimum Gasteiger partial charge on any atom is -0.330 e. The molecule has 2 N–H and O–H groups in total. The van der Waals surface area contributed by atoms with Crippen LogP contribution < -0.4 is 5.73 Å². The van der Waals surface area contributed by atoms with E-state index in [9.17, 15) is 0 Å². The van der Waals surface area contributed by atoms with Gasteiger partial charge in [-0.1, -0.05) is 62.3 Å². The molecular weight excluding hydrogens is 298 g/mol. The topological polar surface area (TPSA) is 26.0 Å². The summed E-state index contributed by atoms with van der Waals surface area (Å²) < 4.78 is 0. The second-order valence-corrected chi connectivity index (χ2v) is 7.65. The summed E-state index contributed by atoms with van der Waals surface area (Å²) in [6.45, 7) is 7.29. The van der Waals surface area contributed by atoms with Crippen LogP contribution in [0.4, 0.5) is 0 Å². The van der Waals surface area contributed by atoms with Crippen LogP contribution >= 0.6 is 23.4 Å². The summed E-state index contributed by atoms with van der Waals surface area (Å²) in [5.74, 6) is 0. The molecule has 0 heterocycles. The summed E-state index contributed by atoms with van der Waals surface area (Å²) in [7, 11) is 0. The van der Waals surface area contributed by atoms with Crippen molar-refractivity contribution in [2.45, 2.75) is 42.4 Å². The van der Waals surface area contributed by atoms with Crippen molar-refractivity contribution in [2.75, 3.05) is 6.54 Å². The van der Waals surface area contributed by atoms with E-state index in [2.05, 4.69) is 51.1 Å². The van der Waals surface area contributed by atoms with Gasteiger partial charge < -0.3 is 5.73 Å². The van der Waals surface area contributed by atoms with E-state index >= 15 is 0 Å². The van der Waals surface area contributed by atoms with Crippen LogP contribution in [0.3, 0.4) is 0 Å². The van der Waals surface area contributed by atoms with Crippen LogP contribution in [0.5, 0.6) is 0 Å². The van der Waals surface area contributed by atoms with Crippen molar-refractivity contribution in [3.63, 3.8) is 0 Å². The van der Waals surface area contributed by atoms with Gasteiger partial charge in [-0.3, -0.25) is 0 Å². The number of halogens is 1. The van der Waals surface area contributed by atoms with Gasteiger partial charge in [0, 0.05) is 14.8 Å². The second-order valence-electron chi connectivity index (χ2n) is 6.13. The molecule has 0 unspecified atom stereocenters. The lowest BCUT2D eigenvalue weighted by atomic mass is 9.87. The van der Waals surface area contributed by atoms with E-state index in [-0.39, 0.29) is 5.41 Å². The molecule has 0 saturated heterocycles. The molecule has 2 aromatic carbocycles. The monoisotopic (exact) mass is 319 g/mol. The van der Waals surface area contributed by atoms with Crippen LogP contribution in [0.25, 0.3) is 0 Å². The minimum atomic E-state index is 0.184. The summed E-state index contributed by atoms with van der Waals surface area (Å²) in [6.07, 6.45) is 0.808. The molecule has 0 radical (unpaired) electrons. The van der Waals surface area contributed by atoms with Crippen LogP contribution in [-0.2, 0) is 11.8 Å². The second kappa shape index (κ2) is 6.87. The van der Waals surface area contributed by atoms with E-state index in [0.717, 1.165) is 17.0 Å². The molecule has 112 valence electrons. The molecule has 0 amide bonds. The van der Waals surface area contributed by atoms with E-state index < -0.39 is 0 Å². The summed E-state index contributed by atoms with van der Waals surface area (Å²) >= 11 is 8.04. The van der Waals surface area contributed by atoms with Gasteiger partial charge in [0.25, 0.3) is 0 Å². The largest absolute Gasteiger partial charge is 0.330 e. The Kier molecular flexibility index (Phi) is 5.37. The maximum atomic E-state index is 6.29. The highest BCUT2D eigenvalue weighted by atomic mass is 35.5. The van der Waals surface area contributed by atoms with Crippen LogP contribution in [-0.4, -0.2) is 6.54 Å². The first-order valence-electron chi connectivity index (χ1n) is 7.17. The smallest absolute Gasteiger partial charge is 0.0449 e. The number of hydrogen-bond acceptors (Lipinski definition) is 2. The first-order chi connectivity index (χ1) is 9.91. The van der Waals surface area contributed by atoms with Gasteiger partial charge >= 0.3 is 0 Å². The van der Waals surface area contributed by atoms with Crippen molar-refractivity contribution >= 4 is 23.4 Å². The van der Waals surface area contributed by atoms with E-state index in [1.807, 2.05) is 12.1 Å². The molecular formula is C18H22ClNS. The number of rotatable bonds is 4. The van der Waals surface area contributed by atoms with Gasteiger partial charge in [-0.05, 0) is 53.8 Å². The van der Waals surface area contributed by atoms with Gasteiger partial charge in [0.15, 0.2) is 0 Å². The van der Waals surface area contributed by atoms with Gasteiger partial charge in [0.1, 0.15) is 0 Å². The molecule has 0 aliphatic carbocycles. The molecule has 0 saturated carbocycles. The maximum Gasteiger partial charge on any atom is 0.0449 e.